The van der Waals surface area contributed by atoms with Crippen LogP contribution in [0.15, 0.2) is 0 Å². The van der Waals surface area contributed by atoms with E-state index in [2.05, 4.69) is 4.90 Å². The summed E-state index contributed by atoms with van der Waals surface area (Å²) in [6, 6.07) is 0.491. The second-order valence-electron chi connectivity index (χ2n) is 7.18. The molecule has 1 heterocycles. The number of carbonyl (C=O) groups is 1. The fourth-order valence-electron chi connectivity index (χ4n) is 3.86. The molecule has 1 aliphatic carbocycles. The van der Waals surface area contributed by atoms with Gasteiger partial charge in [0.2, 0.25) is 5.91 Å². The summed E-state index contributed by atoms with van der Waals surface area (Å²) >= 11 is 0. The molecule has 2 rings (SSSR count). The second kappa shape index (κ2) is 7.56. The molecule has 0 bridgehead atoms. The Morgan fingerprint density at radius 3 is 2.76 bits per heavy atom. The van der Waals surface area contributed by atoms with Gasteiger partial charge in [0.05, 0.1) is 6.10 Å². The summed E-state index contributed by atoms with van der Waals surface area (Å²) in [5.74, 6) is 0.815. The predicted octanol–water partition coefficient (Wildman–Crippen LogP) is 0.808. The molecule has 2 fully saturated rings. The van der Waals surface area contributed by atoms with Crippen LogP contribution in [0.5, 0.6) is 0 Å². The van der Waals surface area contributed by atoms with Gasteiger partial charge in [0.15, 0.2) is 0 Å². The summed E-state index contributed by atoms with van der Waals surface area (Å²) in [5, 5.41) is 9.85. The molecule has 0 aromatic carbocycles. The SMILES string of the molecule is CN(C)CC1CC(O)CN1C(=O)CCC1CCCC(N)C1. The van der Waals surface area contributed by atoms with E-state index in [4.69, 9.17) is 5.73 Å². The zero-order valence-electron chi connectivity index (χ0n) is 13.5. The van der Waals surface area contributed by atoms with Crippen LogP contribution in [0.3, 0.4) is 0 Å². The number of likely N-dealkylation sites (N-methyl/N-ethyl adjacent to an activating group) is 1. The van der Waals surface area contributed by atoms with Crippen molar-refractivity contribution >= 4 is 5.91 Å². The molecular weight excluding hydrogens is 266 g/mol. The maximum atomic E-state index is 12.5. The van der Waals surface area contributed by atoms with Gasteiger partial charge in [0.1, 0.15) is 0 Å². The Kier molecular flexibility index (Phi) is 6.02. The van der Waals surface area contributed by atoms with E-state index >= 15 is 0 Å². The zero-order chi connectivity index (χ0) is 15.4. The first kappa shape index (κ1) is 16.7. The Morgan fingerprint density at radius 1 is 1.33 bits per heavy atom. The van der Waals surface area contributed by atoms with Crippen LogP contribution in [0.25, 0.3) is 0 Å². The summed E-state index contributed by atoms with van der Waals surface area (Å²) in [4.78, 5) is 16.5. The third kappa shape index (κ3) is 4.94. The minimum atomic E-state index is -0.359. The third-order valence-electron chi connectivity index (χ3n) is 4.88. The number of hydrogen-bond acceptors (Lipinski definition) is 4. The molecule has 3 N–H and O–H groups in total. The number of carbonyl (C=O) groups excluding carboxylic acids is 1. The lowest BCUT2D eigenvalue weighted by Gasteiger charge is -2.29. The van der Waals surface area contributed by atoms with Crippen molar-refractivity contribution < 1.29 is 9.90 Å². The first-order chi connectivity index (χ1) is 9.95. The number of nitrogens with zero attached hydrogens (tertiary/aromatic N) is 2. The summed E-state index contributed by atoms with van der Waals surface area (Å²) in [6.07, 6.45) is 6.52. The van der Waals surface area contributed by atoms with E-state index in [0.29, 0.717) is 31.3 Å². The van der Waals surface area contributed by atoms with Crippen molar-refractivity contribution in [3.05, 3.63) is 0 Å². The Morgan fingerprint density at radius 2 is 2.10 bits per heavy atom. The number of aliphatic hydroxyl groups excluding tert-OH is 1. The molecule has 122 valence electrons. The molecule has 2 aliphatic rings. The average Bonchev–Trinajstić information content (AvgIpc) is 2.76. The van der Waals surface area contributed by atoms with Crippen molar-refractivity contribution in [2.24, 2.45) is 11.7 Å². The molecule has 0 spiro atoms. The largest absolute Gasteiger partial charge is 0.391 e. The molecule has 5 heteroatoms. The molecule has 21 heavy (non-hydrogen) atoms. The first-order valence-electron chi connectivity index (χ1n) is 8.33. The molecule has 1 saturated heterocycles. The van der Waals surface area contributed by atoms with Gasteiger partial charge in [-0.05, 0) is 45.7 Å². The van der Waals surface area contributed by atoms with Gasteiger partial charge >= 0.3 is 0 Å². The highest BCUT2D eigenvalue weighted by Gasteiger charge is 2.34. The molecule has 0 radical (unpaired) electrons. The van der Waals surface area contributed by atoms with Gasteiger partial charge in [0, 0.05) is 31.6 Å². The van der Waals surface area contributed by atoms with Gasteiger partial charge in [0.25, 0.3) is 0 Å². The van der Waals surface area contributed by atoms with Crippen molar-refractivity contribution in [1.29, 1.82) is 0 Å². The Hall–Kier alpha value is -0.650. The monoisotopic (exact) mass is 297 g/mol. The molecule has 1 aliphatic heterocycles. The molecule has 1 amide bonds. The van der Waals surface area contributed by atoms with E-state index < -0.39 is 0 Å². The zero-order valence-corrected chi connectivity index (χ0v) is 13.5. The number of β-amino-alcohol motifs (C(OH)–C–C–N with tert-alkyl or cyclic N) is 1. The van der Waals surface area contributed by atoms with Gasteiger partial charge in [-0.15, -0.1) is 0 Å². The van der Waals surface area contributed by atoms with Crippen molar-refractivity contribution in [2.75, 3.05) is 27.2 Å². The van der Waals surface area contributed by atoms with Crippen LogP contribution in [0, 0.1) is 5.92 Å². The molecule has 4 unspecified atom stereocenters. The smallest absolute Gasteiger partial charge is 0.222 e. The highest BCUT2D eigenvalue weighted by Crippen LogP contribution is 2.28. The van der Waals surface area contributed by atoms with E-state index in [1.807, 2.05) is 19.0 Å². The van der Waals surface area contributed by atoms with Crippen molar-refractivity contribution in [3.8, 4) is 0 Å². The number of amides is 1. The maximum absolute atomic E-state index is 12.5. The van der Waals surface area contributed by atoms with Crippen molar-refractivity contribution in [1.82, 2.24) is 9.80 Å². The highest BCUT2D eigenvalue weighted by molar-refractivity contribution is 5.77. The lowest BCUT2D eigenvalue weighted by Crippen LogP contribution is -2.41. The molecule has 0 aromatic rings. The molecular formula is C16H31N3O2. The maximum Gasteiger partial charge on any atom is 0.222 e. The Bertz CT molecular complexity index is 348. The number of rotatable bonds is 5. The average molecular weight is 297 g/mol. The summed E-state index contributed by atoms with van der Waals surface area (Å²) in [7, 11) is 4.02. The van der Waals surface area contributed by atoms with Crippen LogP contribution in [0.1, 0.15) is 44.9 Å². The first-order valence-corrected chi connectivity index (χ1v) is 8.33. The van der Waals surface area contributed by atoms with E-state index in [1.165, 1.54) is 12.8 Å². The molecule has 1 saturated carbocycles. The minimum absolute atomic E-state index is 0.163. The van der Waals surface area contributed by atoms with Gasteiger partial charge in [-0.2, -0.15) is 0 Å². The van der Waals surface area contributed by atoms with Crippen molar-refractivity contribution in [3.63, 3.8) is 0 Å². The molecule has 0 aromatic heterocycles. The second-order valence-corrected chi connectivity index (χ2v) is 7.18. The standard InChI is InChI=1S/C16H31N3O2/c1-18(2)10-14-9-15(20)11-19(14)16(21)7-6-12-4-3-5-13(17)8-12/h12-15,20H,3-11,17H2,1-2H3. The summed E-state index contributed by atoms with van der Waals surface area (Å²) in [6.45, 7) is 1.33. The van der Waals surface area contributed by atoms with E-state index in [9.17, 15) is 9.90 Å². The highest BCUT2D eigenvalue weighted by atomic mass is 16.3. The third-order valence-corrected chi connectivity index (χ3v) is 4.88. The number of hydrogen-bond donors (Lipinski definition) is 2. The Labute approximate surface area is 128 Å². The van der Waals surface area contributed by atoms with Crippen LogP contribution in [-0.2, 0) is 4.79 Å². The van der Waals surface area contributed by atoms with Crippen molar-refractivity contribution in [2.45, 2.75) is 63.1 Å². The lowest BCUT2D eigenvalue weighted by molar-refractivity contribution is -0.132. The number of likely N-dealkylation sites (tertiary alicyclic amines) is 1. The molecule has 5 nitrogen and oxygen atoms in total. The number of nitrogens with two attached hydrogens (primary N) is 1. The van der Waals surface area contributed by atoms with E-state index in [1.54, 1.807) is 0 Å². The van der Waals surface area contributed by atoms with Crippen LogP contribution in [0.4, 0.5) is 0 Å². The number of aliphatic hydroxyl groups is 1. The van der Waals surface area contributed by atoms with Crippen LogP contribution in [0.2, 0.25) is 0 Å². The van der Waals surface area contributed by atoms with E-state index in [-0.39, 0.29) is 18.1 Å². The normalized spacial score (nSPS) is 33.7. The lowest BCUT2D eigenvalue weighted by atomic mass is 9.83. The molecule has 4 atom stereocenters. The fraction of sp³-hybridized carbons (Fsp3) is 0.938. The van der Waals surface area contributed by atoms with E-state index in [0.717, 1.165) is 25.8 Å². The minimum Gasteiger partial charge on any atom is -0.391 e. The Balaban J connectivity index is 1.81. The van der Waals surface area contributed by atoms with Gasteiger partial charge in [-0.3, -0.25) is 4.79 Å². The van der Waals surface area contributed by atoms with Gasteiger partial charge in [-0.1, -0.05) is 12.8 Å². The predicted molar refractivity (Wildman–Crippen MR) is 83.8 cm³/mol. The summed E-state index contributed by atoms with van der Waals surface area (Å²) < 4.78 is 0. The van der Waals surface area contributed by atoms with Crippen LogP contribution < -0.4 is 5.73 Å². The van der Waals surface area contributed by atoms with Crippen LogP contribution >= 0.6 is 0 Å². The summed E-state index contributed by atoms with van der Waals surface area (Å²) in [5.41, 5.74) is 6.01. The topological polar surface area (TPSA) is 69.8 Å². The van der Waals surface area contributed by atoms with Gasteiger partial charge < -0.3 is 20.6 Å². The fourth-order valence-corrected chi connectivity index (χ4v) is 3.86. The van der Waals surface area contributed by atoms with Crippen LogP contribution in [-0.4, -0.2) is 66.2 Å². The van der Waals surface area contributed by atoms with Gasteiger partial charge in [-0.25, -0.2) is 0 Å². The quantitative estimate of drug-likeness (QED) is 0.788.